The second kappa shape index (κ2) is 4.07. The van der Waals surface area contributed by atoms with Crippen molar-refractivity contribution in [3.8, 4) is 5.69 Å². The van der Waals surface area contributed by atoms with Crippen LogP contribution in [-0.2, 0) is 0 Å². The number of hydrogen-bond donors (Lipinski definition) is 0. The summed E-state index contributed by atoms with van der Waals surface area (Å²) in [5, 5.41) is 5.14. The van der Waals surface area contributed by atoms with Gasteiger partial charge in [-0.05, 0) is 31.2 Å². The minimum absolute atomic E-state index is 0.192. The highest BCUT2D eigenvalue weighted by molar-refractivity contribution is 5.79. The van der Waals surface area contributed by atoms with Crippen LogP contribution in [-0.4, -0.2) is 14.8 Å². The van der Waals surface area contributed by atoms with Crippen LogP contribution >= 0.6 is 0 Å². The van der Waals surface area contributed by atoms with E-state index in [1.807, 2.05) is 49.4 Å². The summed E-state index contributed by atoms with van der Waals surface area (Å²) < 4.78 is 1.39. The van der Waals surface area contributed by atoms with Crippen molar-refractivity contribution < 1.29 is 0 Å². The van der Waals surface area contributed by atoms with Crippen molar-refractivity contribution in [2.45, 2.75) is 6.92 Å². The molecule has 0 spiro atoms. The minimum Gasteiger partial charge on any atom is -0.265 e. The zero-order valence-corrected chi connectivity index (χ0v) is 9.87. The van der Waals surface area contributed by atoms with Gasteiger partial charge in [0.25, 0.3) is 5.56 Å². The Bertz CT molecular complexity index is 763. The van der Waals surface area contributed by atoms with E-state index in [2.05, 4.69) is 10.1 Å². The second-order valence-corrected chi connectivity index (χ2v) is 4.04. The molecule has 0 atom stereocenters. The average molecular weight is 237 g/mol. The summed E-state index contributed by atoms with van der Waals surface area (Å²) in [5.41, 5.74) is 1.80. The fraction of sp³-hybridized carbons (Fsp3) is 0.0714. The molecule has 0 fully saturated rings. The van der Waals surface area contributed by atoms with Gasteiger partial charge in [0.05, 0.1) is 11.4 Å². The molecule has 18 heavy (non-hydrogen) atoms. The van der Waals surface area contributed by atoms with Crippen molar-refractivity contribution in [1.29, 1.82) is 0 Å². The molecule has 0 aliphatic heterocycles. The SMILES string of the molecule is Cc1nn(-c2ccccc2)c(=O)c2ncccc12. The summed E-state index contributed by atoms with van der Waals surface area (Å²) in [4.78, 5) is 16.5. The lowest BCUT2D eigenvalue weighted by molar-refractivity contribution is 0.798. The van der Waals surface area contributed by atoms with Crippen LogP contribution in [0.4, 0.5) is 0 Å². The standard InChI is InChI=1S/C14H11N3O/c1-10-12-8-5-9-15-13(12)14(18)17(16-10)11-6-3-2-4-7-11/h2-9H,1H3. The molecular weight excluding hydrogens is 226 g/mol. The predicted molar refractivity (Wildman–Crippen MR) is 69.9 cm³/mol. The zero-order valence-electron chi connectivity index (χ0n) is 9.87. The van der Waals surface area contributed by atoms with Crippen molar-refractivity contribution in [3.05, 3.63) is 64.7 Å². The van der Waals surface area contributed by atoms with Gasteiger partial charge in [0, 0.05) is 11.6 Å². The molecule has 4 nitrogen and oxygen atoms in total. The number of fused-ring (bicyclic) bond motifs is 1. The van der Waals surface area contributed by atoms with E-state index in [0.717, 1.165) is 16.8 Å². The number of benzene rings is 1. The van der Waals surface area contributed by atoms with Crippen molar-refractivity contribution in [1.82, 2.24) is 14.8 Å². The lowest BCUT2D eigenvalue weighted by atomic mass is 10.2. The molecule has 0 radical (unpaired) electrons. The van der Waals surface area contributed by atoms with E-state index >= 15 is 0 Å². The molecule has 0 aliphatic carbocycles. The Labute approximate surface area is 104 Å². The number of para-hydroxylation sites is 1. The molecule has 2 aromatic heterocycles. The average Bonchev–Trinajstić information content (AvgIpc) is 2.44. The Kier molecular flexibility index (Phi) is 2.41. The van der Waals surface area contributed by atoms with Crippen molar-refractivity contribution in [2.75, 3.05) is 0 Å². The van der Waals surface area contributed by atoms with Crippen molar-refractivity contribution in [3.63, 3.8) is 0 Å². The third-order valence-corrected chi connectivity index (χ3v) is 2.84. The lowest BCUT2D eigenvalue weighted by Gasteiger charge is -2.07. The van der Waals surface area contributed by atoms with Gasteiger partial charge in [-0.2, -0.15) is 9.78 Å². The maximum Gasteiger partial charge on any atom is 0.297 e. The Morgan fingerprint density at radius 3 is 2.61 bits per heavy atom. The van der Waals surface area contributed by atoms with Gasteiger partial charge in [0.15, 0.2) is 0 Å². The van der Waals surface area contributed by atoms with Gasteiger partial charge in [-0.25, -0.2) is 0 Å². The number of aryl methyl sites for hydroxylation is 1. The van der Waals surface area contributed by atoms with E-state index < -0.39 is 0 Å². The third-order valence-electron chi connectivity index (χ3n) is 2.84. The smallest absolute Gasteiger partial charge is 0.265 e. The van der Waals surface area contributed by atoms with E-state index in [0.29, 0.717) is 5.52 Å². The molecule has 0 N–H and O–H groups in total. The highest BCUT2D eigenvalue weighted by Crippen LogP contribution is 2.11. The molecule has 3 aromatic rings. The maximum absolute atomic E-state index is 12.3. The summed E-state index contributed by atoms with van der Waals surface area (Å²) in [7, 11) is 0. The van der Waals surface area contributed by atoms with Gasteiger partial charge in [-0.3, -0.25) is 9.78 Å². The van der Waals surface area contributed by atoms with Crippen LogP contribution in [0.2, 0.25) is 0 Å². The third kappa shape index (κ3) is 1.59. The Morgan fingerprint density at radius 1 is 1.06 bits per heavy atom. The minimum atomic E-state index is -0.192. The fourth-order valence-corrected chi connectivity index (χ4v) is 1.96. The quantitative estimate of drug-likeness (QED) is 0.651. The topological polar surface area (TPSA) is 47.8 Å². The van der Waals surface area contributed by atoms with Gasteiger partial charge < -0.3 is 0 Å². The van der Waals surface area contributed by atoms with Crippen LogP contribution in [0, 0.1) is 6.92 Å². The van der Waals surface area contributed by atoms with E-state index in [9.17, 15) is 4.79 Å². The molecule has 4 heteroatoms. The highest BCUT2D eigenvalue weighted by Gasteiger charge is 2.09. The van der Waals surface area contributed by atoms with E-state index in [1.54, 1.807) is 6.20 Å². The summed E-state index contributed by atoms with van der Waals surface area (Å²) in [6, 6.07) is 13.0. The molecule has 3 rings (SSSR count). The molecule has 0 amide bonds. The summed E-state index contributed by atoms with van der Waals surface area (Å²) in [6.45, 7) is 1.88. The van der Waals surface area contributed by atoms with Gasteiger partial charge in [0.2, 0.25) is 0 Å². The molecule has 0 saturated heterocycles. The van der Waals surface area contributed by atoms with Crippen molar-refractivity contribution >= 4 is 10.9 Å². The molecule has 88 valence electrons. The molecular formula is C14H11N3O. The zero-order chi connectivity index (χ0) is 12.5. The first-order valence-corrected chi connectivity index (χ1v) is 5.67. The Morgan fingerprint density at radius 2 is 1.83 bits per heavy atom. The molecule has 0 saturated carbocycles. The Balaban J connectivity index is 2.39. The monoisotopic (exact) mass is 237 g/mol. The van der Waals surface area contributed by atoms with Crippen LogP contribution < -0.4 is 5.56 Å². The first-order chi connectivity index (χ1) is 8.77. The van der Waals surface area contributed by atoms with E-state index in [4.69, 9.17) is 0 Å². The molecule has 1 aromatic carbocycles. The molecule has 0 bridgehead atoms. The largest absolute Gasteiger partial charge is 0.297 e. The van der Waals surface area contributed by atoms with Crippen LogP contribution in [0.3, 0.4) is 0 Å². The fourth-order valence-electron chi connectivity index (χ4n) is 1.96. The summed E-state index contributed by atoms with van der Waals surface area (Å²) in [5.74, 6) is 0. The molecule has 2 heterocycles. The Hall–Kier alpha value is -2.49. The van der Waals surface area contributed by atoms with E-state index in [-0.39, 0.29) is 5.56 Å². The van der Waals surface area contributed by atoms with Gasteiger partial charge in [-0.15, -0.1) is 0 Å². The van der Waals surface area contributed by atoms with Crippen LogP contribution in [0.1, 0.15) is 5.69 Å². The van der Waals surface area contributed by atoms with E-state index in [1.165, 1.54) is 4.68 Å². The number of nitrogens with zero attached hydrogens (tertiary/aromatic N) is 3. The van der Waals surface area contributed by atoms with Gasteiger partial charge >= 0.3 is 0 Å². The maximum atomic E-state index is 12.3. The number of rotatable bonds is 1. The summed E-state index contributed by atoms with van der Waals surface area (Å²) >= 11 is 0. The van der Waals surface area contributed by atoms with Gasteiger partial charge in [-0.1, -0.05) is 18.2 Å². The van der Waals surface area contributed by atoms with Gasteiger partial charge in [0.1, 0.15) is 5.52 Å². The van der Waals surface area contributed by atoms with Crippen LogP contribution in [0.25, 0.3) is 16.6 Å². The first-order valence-electron chi connectivity index (χ1n) is 5.67. The normalized spacial score (nSPS) is 10.7. The highest BCUT2D eigenvalue weighted by atomic mass is 16.1. The number of pyridine rings is 1. The van der Waals surface area contributed by atoms with Crippen molar-refractivity contribution in [2.24, 2.45) is 0 Å². The number of hydrogen-bond acceptors (Lipinski definition) is 3. The lowest BCUT2D eigenvalue weighted by Crippen LogP contribution is -2.23. The molecule has 0 aliphatic rings. The second-order valence-electron chi connectivity index (χ2n) is 4.04. The summed E-state index contributed by atoms with van der Waals surface area (Å²) in [6.07, 6.45) is 1.62. The van der Waals surface area contributed by atoms with Crippen LogP contribution in [0.5, 0.6) is 0 Å². The number of aromatic nitrogens is 3. The predicted octanol–water partition coefficient (Wildman–Crippen LogP) is 2.09. The molecule has 0 unspecified atom stereocenters. The van der Waals surface area contributed by atoms with Crippen LogP contribution in [0.15, 0.2) is 53.5 Å². The first kappa shape index (κ1) is 10.7.